The molecule has 0 bridgehead atoms. The summed E-state index contributed by atoms with van der Waals surface area (Å²) in [6.45, 7) is 7.07. The molecule has 1 N–H and O–H groups in total. The molecule has 2 nitrogen and oxygen atoms in total. The first-order valence-electron chi connectivity index (χ1n) is 6.53. The third-order valence-corrected chi connectivity index (χ3v) is 3.89. The lowest BCUT2D eigenvalue weighted by molar-refractivity contribution is -0.0322. The Labute approximate surface area is 108 Å². The third kappa shape index (κ3) is 2.57. The van der Waals surface area contributed by atoms with E-state index in [0.717, 1.165) is 17.5 Å². The van der Waals surface area contributed by atoms with Gasteiger partial charge < -0.3 is 9.84 Å². The summed E-state index contributed by atoms with van der Waals surface area (Å²) in [5.74, 6) is 0.0437. The van der Waals surface area contributed by atoms with Crippen molar-refractivity contribution >= 4 is 0 Å². The molecule has 100 valence electrons. The molecule has 0 radical (unpaired) electrons. The molecular weight excluding hydrogens is 231 g/mol. The maximum absolute atomic E-state index is 14.1. The highest BCUT2D eigenvalue weighted by Crippen LogP contribution is 2.36. The number of ether oxygens (including phenoxy) is 1. The first kappa shape index (κ1) is 13.5. The van der Waals surface area contributed by atoms with Gasteiger partial charge >= 0.3 is 0 Å². The third-order valence-electron chi connectivity index (χ3n) is 3.89. The van der Waals surface area contributed by atoms with Crippen molar-refractivity contribution in [1.29, 1.82) is 0 Å². The highest BCUT2D eigenvalue weighted by molar-refractivity contribution is 5.34. The topological polar surface area (TPSA) is 29.5 Å². The van der Waals surface area contributed by atoms with Gasteiger partial charge in [0.2, 0.25) is 0 Å². The lowest BCUT2D eigenvalue weighted by Gasteiger charge is -2.33. The van der Waals surface area contributed by atoms with E-state index in [1.165, 1.54) is 6.07 Å². The van der Waals surface area contributed by atoms with E-state index < -0.39 is 6.10 Å². The zero-order valence-electron chi connectivity index (χ0n) is 11.2. The van der Waals surface area contributed by atoms with Crippen molar-refractivity contribution in [3.63, 3.8) is 0 Å². The molecule has 3 atom stereocenters. The molecule has 1 saturated heterocycles. The van der Waals surface area contributed by atoms with E-state index in [9.17, 15) is 9.50 Å². The van der Waals surface area contributed by atoms with Crippen LogP contribution in [0.15, 0.2) is 12.1 Å². The maximum Gasteiger partial charge on any atom is 0.129 e. The summed E-state index contributed by atoms with van der Waals surface area (Å²) in [6, 6.07) is 3.42. The fourth-order valence-corrected chi connectivity index (χ4v) is 2.88. The van der Waals surface area contributed by atoms with Crippen LogP contribution >= 0.6 is 0 Å². The van der Waals surface area contributed by atoms with Crippen molar-refractivity contribution in [2.24, 2.45) is 11.8 Å². The van der Waals surface area contributed by atoms with Gasteiger partial charge in [0.25, 0.3) is 0 Å². The van der Waals surface area contributed by atoms with E-state index in [4.69, 9.17) is 4.74 Å². The first-order chi connectivity index (χ1) is 8.50. The van der Waals surface area contributed by atoms with Gasteiger partial charge in [-0.2, -0.15) is 0 Å². The predicted molar refractivity (Wildman–Crippen MR) is 68.9 cm³/mol. The lowest BCUT2D eigenvalue weighted by atomic mass is 9.81. The average molecular weight is 252 g/mol. The van der Waals surface area contributed by atoms with Gasteiger partial charge in [-0.25, -0.2) is 4.39 Å². The minimum absolute atomic E-state index is 0.0784. The molecule has 1 aromatic carbocycles. The summed E-state index contributed by atoms with van der Waals surface area (Å²) in [5.41, 5.74) is 2.18. The quantitative estimate of drug-likeness (QED) is 0.876. The van der Waals surface area contributed by atoms with E-state index in [1.807, 2.05) is 19.9 Å². The van der Waals surface area contributed by atoms with E-state index in [1.54, 1.807) is 0 Å². The second-order valence-corrected chi connectivity index (χ2v) is 5.43. The number of rotatable bonds is 2. The number of hydrogen-bond donors (Lipinski definition) is 1. The number of aliphatic hydroxyl groups excluding tert-OH is 1. The van der Waals surface area contributed by atoms with Crippen molar-refractivity contribution in [3.05, 3.63) is 34.6 Å². The lowest BCUT2D eigenvalue weighted by Crippen LogP contribution is -2.30. The van der Waals surface area contributed by atoms with E-state index in [2.05, 4.69) is 6.92 Å². The van der Waals surface area contributed by atoms with Crippen molar-refractivity contribution < 1.29 is 14.2 Å². The van der Waals surface area contributed by atoms with Gasteiger partial charge in [0, 0.05) is 18.8 Å². The van der Waals surface area contributed by atoms with Crippen molar-refractivity contribution in [2.45, 2.75) is 33.3 Å². The van der Waals surface area contributed by atoms with E-state index >= 15 is 0 Å². The van der Waals surface area contributed by atoms with E-state index in [-0.39, 0.29) is 17.7 Å². The monoisotopic (exact) mass is 252 g/mol. The van der Waals surface area contributed by atoms with Gasteiger partial charge in [0.15, 0.2) is 0 Å². The molecule has 3 unspecified atom stereocenters. The Balaban J connectivity index is 2.30. The fraction of sp³-hybridized carbons (Fsp3) is 0.600. The summed E-state index contributed by atoms with van der Waals surface area (Å²) in [5, 5.41) is 10.5. The van der Waals surface area contributed by atoms with E-state index in [0.29, 0.717) is 18.8 Å². The molecule has 0 saturated carbocycles. The molecule has 3 heteroatoms. The van der Waals surface area contributed by atoms with Crippen LogP contribution in [0.25, 0.3) is 0 Å². The highest BCUT2D eigenvalue weighted by Gasteiger charge is 2.31. The molecule has 0 spiro atoms. The Kier molecular flexibility index (Phi) is 4.03. The summed E-state index contributed by atoms with van der Waals surface area (Å²) >= 11 is 0. The molecule has 0 aliphatic carbocycles. The average Bonchev–Trinajstić information content (AvgIpc) is 2.27. The standard InChI is InChI=1S/C15H21FO2/c1-9-6-10(2)14(13(16)7-9)15(17)12-4-5-18-8-11(12)3/h6-7,11-12,15,17H,4-5,8H2,1-3H3. The van der Waals surface area contributed by atoms with Crippen LogP contribution in [0.5, 0.6) is 0 Å². The second kappa shape index (κ2) is 5.37. The highest BCUT2D eigenvalue weighted by atomic mass is 19.1. The summed E-state index contributed by atoms with van der Waals surface area (Å²) in [7, 11) is 0. The van der Waals surface area contributed by atoms with Gasteiger partial charge in [0.1, 0.15) is 5.82 Å². The Hall–Kier alpha value is -0.930. The molecule has 1 aliphatic heterocycles. The summed E-state index contributed by atoms with van der Waals surface area (Å²) in [4.78, 5) is 0. The molecule has 1 heterocycles. The first-order valence-corrected chi connectivity index (χ1v) is 6.53. The molecule has 0 aromatic heterocycles. The number of aliphatic hydroxyl groups is 1. The Bertz CT molecular complexity index is 407. The van der Waals surface area contributed by atoms with Gasteiger partial charge in [-0.15, -0.1) is 0 Å². The van der Waals surface area contributed by atoms with Crippen LogP contribution in [-0.2, 0) is 4.74 Å². The zero-order valence-corrected chi connectivity index (χ0v) is 11.2. The summed E-state index contributed by atoms with van der Waals surface area (Å²) < 4.78 is 19.4. The largest absolute Gasteiger partial charge is 0.388 e. The molecule has 18 heavy (non-hydrogen) atoms. The Morgan fingerprint density at radius 3 is 2.72 bits per heavy atom. The van der Waals surface area contributed by atoms with Gasteiger partial charge in [-0.05, 0) is 49.3 Å². The minimum atomic E-state index is -0.732. The van der Waals surface area contributed by atoms with Crippen LogP contribution in [0.4, 0.5) is 4.39 Å². The fourth-order valence-electron chi connectivity index (χ4n) is 2.88. The van der Waals surface area contributed by atoms with Crippen LogP contribution in [0, 0.1) is 31.5 Å². The minimum Gasteiger partial charge on any atom is -0.388 e. The maximum atomic E-state index is 14.1. The predicted octanol–water partition coefficient (Wildman–Crippen LogP) is 3.15. The Morgan fingerprint density at radius 1 is 1.39 bits per heavy atom. The molecule has 1 aromatic rings. The molecular formula is C15H21FO2. The van der Waals surface area contributed by atoms with Gasteiger partial charge in [0.05, 0.1) is 6.10 Å². The number of hydrogen-bond acceptors (Lipinski definition) is 2. The zero-order chi connectivity index (χ0) is 13.3. The van der Waals surface area contributed by atoms with Crippen LogP contribution in [0.1, 0.15) is 36.1 Å². The van der Waals surface area contributed by atoms with Crippen LogP contribution in [0.2, 0.25) is 0 Å². The molecule has 1 aliphatic rings. The van der Waals surface area contributed by atoms with Gasteiger partial charge in [-0.1, -0.05) is 13.0 Å². The van der Waals surface area contributed by atoms with Crippen molar-refractivity contribution in [3.8, 4) is 0 Å². The molecule has 2 rings (SSSR count). The van der Waals surface area contributed by atoms with Crippen LogP contribution in [0.3, 0.4) is 0 Å². The van der Waals surface area contributed by atoms with Crippen LogP contribution in [-0.4, -0.2) is 18.3 Å². The smallest absolute Gasteiger partial charge is 0.129 e. The second-order valence-electron chi connectivity index (χ2n) is 5.43. The number of benzene rings is 1. The van der Waals surface area contributed by atoms with Crippen molar-refractivity contribution in [1.82, 2.24) is 0 Å². The van der Waals surface area contributed by atoms with Gasteiger partial charge in [-0.3, -0.25) is 0 Å². The molecule has 0 amide bonds. The Morgan fingerprint density at radius 2 is 2.11 bits per heavy atom. The van der Waals surface area contributed by atoms with Crippen molar-refractivity contribution in [2.75, 3.05) is 13.2 Å². The summed E-state index contributed by atoms with van der Waals surface area (Å²) in [6.07, 6.45) is 0.0549. The SMILES string of the molecule is Cc1cc(C)c(C(O)C2CCOCC2C)c(F)c1. The number of halogens is 1. The molecule has 1 fully saturated rings. The number of aryl methyl sites for hydroxylation is 2. The normalized spacial score (nSPS) is 26.1. The van der Waals surface area contributed by atoms with Crippen LogP contribution < -0.4 is 0 Å².